The van der Waals surface area contributed by atoms with Crippen LogP contribution < -0.4 is 15.8 Å². The lowest BCUT2D eigenvalue weighted by Gasteiger charge is -2.33. The van der Waals surface area contributed by atoms with E-state index < -0.39 is 0 Å². The van der Waals surface area contributed by atoms with Crippen molar-refractivity contribution in [3.05, 3.63) is 22.7 Å². The van der Waals surface area contributed by atoms with Crippen LogP contribution in [-0.2, 0) is 0 Å². The molecule has 1 atom stereocenters. The van der Waals surface area contributed by atoms with Crippen molar-refractivity contribution < 1.29 is 0 Å². The van der Waals surface area contributed by atoms with E-state index in [1.165, 1.54) is 25.6 Å². The average molecular weight is 250 g/mol. The minimum Gasteiger partial charge on any atom is -0.356 e. The van der Waals surface area contributed by atoms with Gasteiger partial charge in [-0.25, -0.2) is 4.98 Å². The van der Waals surface area contributed by atoms with Gasteiger partial charge in [0.2, 0.25) is 0 Å². The van der Waals surface area contributed by atoms with Crippen molar-refractivity contribution in [2.24, 2.45) is 5.92 Å². The van der Waals surface area contributed by atoms with Gasteiger partial charge in [0, 0.05) is 19.2 Å². The number of H-pyrrole nitrogens is 1. The molecule has 1 aromatic heterocycles. The van der Waals surface area contributed by atoms with Crippen LogP contribution in [0.3, 0.4) is 0 Å². The first-order chi connectivity index (χ1) is 8.79. The molecule has 1 unspecified atom stereocenters. The Morgan fingerprint density at radius 1 is 1.61 bits per heavy atom. The third-order valence-corrected chi connectivity index (χ3v) is 3.37. The Morgan fingerprint density at radius 2 is 2.50 bits per heavy atom. The molecule has 2 rings (SSSR count). The highest BCUT2D eigenvalue weighted by atomic mass is 16.1. The summed E-state index contributed by atoms with van der Waals surface area (Å²) in [6, 6.07) is 1.59. The summed E-state index contributed by atoms with van der Waals surface area (Å²) in [7, 11) is 0. The third-order valence-electron chi connectivity index (χ3n) is 3.37. The maximum absolute atomic E-state index is 11.3. The summed E-state index contributed by atoms with van der Waals surface area (Å²) >= 11 is 0. The molecule has 2 heterocycles. The summed E-state index contributed by atoms with van der Waals surface area (Å²) in [6.07, 6.45) is 5.09. The lowest BCUT2D eigenvalue weighted by molar-refractivity contribution is 0.391. The Bertz CT molecular complexity index is 417. The third kappa shape index (κ3) is 3.57. The summed E-state index contributed by atoms with van der Waals surface area (Å²) < 4.78 is 0. The fourth-order valence-electron chi connectivity index (χ4n) is 2.45. The van der Waals surface area contributed by atoms with Crippen molar-refractivity contribution in [1.82, 2.24) is 15.3 Å². The first kappa shape index (κ1) is 13.1. The fourth-order valence-corrected chi connectivity index (χ4v) is 2.45. The van der Waals surface area contributed by atoms with Gasteiger partial charge in [-0.1, -0.05) is 6.92 Å². The van der Waals surface area contributed by atoms with Crippen molar-refractivity contribution in [3.63, 3.8) is 0 Å². The molecular weight excluding hydrogens is 228 g/mol. The maximum atomic E-state index is 11.3. The van der Waals surface area contributed by atoms with E-state index in [1.54, 1.807) is 6.07 Å². The van der Waals surface area contributed by atoms with Crippen molar-refractivity contribution >= 4 is 5.82 Å². The SMILES string of the molecule is CCCNCC1CCCN(c2cc(=O)[nH]cn2)C1. The molecule has 0 aliphatic carbocycles. The van der Waals surface area contributed by atoms with Crippen LogP contribution >= 0.6 is 0 Å². The monoisotopic (exact) mass is 250 g/mol. The topological polar surface area (TPSA) is 61.0 Å². The van der Waals surface area contributed by atoms with Gasteiger partial charge in [-0.15, -0.1) is 0 Å². The van der Waals surface area contributed by atoms with E-state index in [-0.39, 0.29) is 5.56 Å². The molecule has 1 fully saturated rings. The number of aromatic amines is 1. The van der Waals surface area contributed by atoms with Crippen LogP contribution in [0.15, 0.2) is 17.2 Å². The van der Waals surface area contributed by atoms with Gasteiger partial charge in [0.1, 0.15) is 5.82 Å². The van der Waals surface area contributed by atoms with Crippen LogP contribution in [0.2, 0.25) is 0 Å². The van der Waals surface area contributed by atoms with Gasteiger partial charge in [0.05, 0.1) is 6.33 Å². The summed E-state index contributed by atoms with van der Waals surface area (Å²) in [5.41, 5.74) is -0.0776. The second-order valence-corrected chi connectivity index (χ2v) is 4.93. The number of nitrogens with zero attached hydrogens (tertiary/aromatic N) is 2. The quantitative estimate of drug-likeness (QED) is 0.765. The molecule has 0 aromatic carbocycles. The molecule has 1 saturated heterocycles. The molecule has 0 saturated carbocycles. The number of piperidine rings is 1. The van der Waals surface area contributed by atoms with Crippen molar-refractivity contribution in [2.45, 2.75) is 26.2 Å². The normalized spacial score (nSPS) is 20.1. The number of nitrogens with one attached hydrogen (secondary N) is 2. The lowest BCUT2D eigenvalue weighted by atomic mass is 9.98. The number of rotatable bonds is 5. The van der Waals surface area contributed by atoms with Gasteiger partial charge in [-0.3, -0.25) is 4.79 Å². The standard InChI is InChI=1S/C13H22N4O/c1-2-5-14-8-11-4-3-6-17(9-11)12-7-13(18)16-10-15-12/h7,10-11,14H,2-6,8-9H2,1H3,(H,15,16,18). The summed E-state index contributed by atoms with van der Waals surface area (Å²) in [5, 5.41) is 3.47. The molecule has 0 radical (unpaired) electrons. The molecular formula is C13H22N4O. The zero-order chi connectivity index (χ0) is 12.8. The second kappa shape index (κ2) is 6.54. The highest BCUT2D eigenvalue weighted by molar-refractivity contribution is 5.36. The molecule has 1 aromatic rings. The minimum atomic E-state index is -0.0776. The summed E-state index contributed by atoms with van der Waals surface area (Å²) in [5.74, 6) is 1.46. The number of hydrogen-bond acceptors (Lipinski definition) is 4. The van der Waals surface area contributed by atoms with Crippen LogP contribution in [0.1, 0.15) is 26.2 Å². The fraction of sp³-hybridized carbons (Fsp3) is 0.692. The molecule has 0 spiro atoms. The molecule has 5 heteroatoms. The zero-order valence-electron chi connectivity index (χ0n) is 11.0. The van der Waals surface area contributed by atoms with Crippen molar-refractivity contribution in [3.8, 4) is 0 Å². The smallest absolute Gasteiger partial charge is 0.252 e. The largest absolute Gasteiger partial charge is 0.356 e. The van der Waals surface area contributed by atoms with Gasteiger partial charge in [0.15, 0.2) is 0 Å². The van der Waals surface area contributed by atoms with E-state index in [1.807, 2.05) is 0 Å². The Morgan fingerprint density at radius 3 is 3.28 bits per heavy atom. The number of hydrogen-bond donors (Lipinski definition) is 2. The lowest BCUT2D eigenvalue weighted by Crippen LogP contribution is -2.40. The molecule has 0 bridgehead atoms. The molecule has 100 valence electrons. The van der Waals surface area contributed by atoms with E-state index >= 15 is 0 Å². The first-order valence-electron chi connectivity index (χ1n) is 6.80. The molecule has 0 amide bonds. The van der Waals surface area contributed by atoms with E-state index in [9.17, 15) is 4.79 Å². The zero-order valence-corrected chi connectivity index (χ0v) is 11.0. The van der Waals surface area contributed by atoms with E-state index in [0.717, 1.165) is 32.0 Å². The van der Waals surface area contributed by atoms with Crippen LogP contribution in [0.5, 0.6) is 0 Å². The Balaban J connectivity index is 1.92. The number of aromatic nitrogens is 2. The molecule has 2 N–H and O–H groups in total. The van der Waals surface area contributed by atoms with E-state index in [4.69, 9.17) is 0 Å². The second-order valence-electron chi connectivity index (χ2n) is 4.93. The predicted octanol–water partition coefficient (Wildman–Crippen LogP) is 0.986. The Kier molecular flexibility index (Phi) is 4.75. The molecule has 5 nitrogen and oxygen atoms in total. The van der Waals surface area contributed by atoms with Crippen molar-refractivity contribution in [2.75, 3.05) is 31.1 Å². The van der Waals surface area contributed by atoms with Crippen molar-refractivity contribution in [1.29, 1.82) is 0 Å². The van der Waals surface area contributed by atoms with E-state index in [0.29, 0.717) is 5.92 Å². The van der Waals surface area contributed by atoms with Crippen LogP contribution in [-0.4, -0.2) is 36.1 Å². The van der Waals surface area contributed by atoms with Gasteiger partial charge in [-0.2, -0.15) is 0 Å². The average Bonchev–Trinajstić information content (AvgIpc) is 2.39. The van der Waals surface area contributed by atoms with Gasteiger partial charge in [-0.05, 0) is 38.3 Å². The minimum absolute atomic E-state index is 0.0776. The molecule has 1 aliphatic heterocycles. The molecule has 18 heavy (non-hydrogen) atoms. The number of anilines is 1. The Labute approximate surface area is 108 Å². The molecule has 1 aliphatic rings. The highest BCUT2D eigenvalue weighted by Gasteiger charge is 2.20. The maximum Gasteiger partial charge on any atom is 0.252 e. The van der Waals surface area contributed by atoms with Crippen LogP contribution in [0.25, 0.3) is 0 Å². The van der Waals surface area contributed by atoms with Gasteiger partial charge < -0.3 is 15.2 Å². The Hall–Kier alpha value is -1.36. The summed E-state index contributed by atoms with van der Waals surface area (Å²) in [4.78, 5) is 20.3. The summed E-state index contributed by atoms with van der Waals surface area (Å²) in [6.45, 7) is 6.32. The highest BCUT2D eigenvalue weighted by Crippen LogP contribution is 2.19. The first-order valence-corrected chi connectivity index (χ1v) is 6.80. The predicted molar refractivity (Wildman–Crippen MR) is 73.0 cm³/mol. The van der Waals surface area contributed by atoms with Gasteiger partial charge in [0.25, 0.3) is 5.56 Å². The van der Waals surface area contributed by atoms with Crippen LogP contribution in [0.4, 0.5) is 5.82 Å². The van der Waals surface area contributed by atoms with Crippen LogP contribution in [0, 0.1) is 5.92 Å². The van der Waals surface area contributed by atoms with Gasteiger partial charge >= 0.3 is 0 Å². The van der Waals surface area contributed by atoms with E-state index in [2.05, 4.69) is 27.1 Å².